The fourth-order valence-corrected chi connectivity index (χ4v) is 3.75. The van der Waals surface area contributed by atoms with Gasteiger partial charge in [-0.05, 0) is 44.2 Å². The number of hydrogen-bond donors (Lipinski definition) is 0. The summed E-state index contributed by atoms with van der Waals surface area (Å²) in [4.78, 5) is 19.0. The highest BCUT2D eigenvalue weighted by Gasteiger charge is 2.25. The Labute approximate surface area is 156 Å². The molecule has 3 rings (SSSR count). The minimum absolute atomic E-state index is 0.105. The lowest BCUT2D eigenvalue weighted by Gasteiger charge is -2.26. The van der Waals surface area contributed by atoms with E-state index >= 15 is 0 Å². The second-order valence-electron chi connectivity index (χ2n) is 5.86. The Morgan fingerprint density at radius 2 is 1.96 bits per heavy atom. The summed E-state index contributed by atoms with van der Waals surface area (Å²) in [6.07, 6.45) is -0.611. The SMILES string of the molecule is CC(Oc1cccc(Cl)c1)C(=O)N(C)C(C)c1nc2ccccc2s1. The maximum atomic E-state index is 12.7. The third-order valence-electron chi connectivity index (χ3n) is 4.05. The highest BCUT2D eigenvalue weighted by Crippen LogP contribution is 2.29. The topological polar surface area (TPSA) is 42.4 Å². The van der Waals surface area contributed by atoms with Crippen molar-refractivity contribution in [3.8, 4) is 5.75 Å². The van der Waals surface area contributed by atoms with E-state index in [9.17, 15) is 4.79 Å². The van der Waals surface area contributed by atoms with Gasteiger partial charge in [0.25, 0.3) is 5.91 Å². The molecule has 0 aliphatic rings. The van der Waals surface area contributed by atoms with E-state index in [4.69, 9.17) is 16.3 Å². The van der Waals surface area contributed by atoms with Crippen molar-refractivity contribution in [2.45, 2.75) is 26.0 Å². The molecule has 2 unspecified atom stereocenters. The van der Waals surface area contributed by atoms with Gasteiger partial charge in [-0.1, -0.05) is 29.8 Å². The summed E-state index contributed by atoms with van der Waals surface area (Å²) in [6.45, 7) is 3.71. The summed E-state index contributed by atoms with van der Waals surface area (Å²) in [5.74, 6) is 0.473. The van der Waals surface area contributed by atoms with Gasteiger partial charge in [0.15, 0.2) is 6.10 Å². The molecule has 3 aromatic rings. The van der Waals surface area contributed by atoms with E-state index in [1.54, 1.807) is 54.5 Å². The smallest absolute Gasteiger partial charge is 0.263 e. The number of benzene rings is 2. The largest absolute Gasteiger partial charge is 0.481 e. The zero-order valence-electron chi connectivity index (χ0n) is 14.3. The Kier molecular flexibility index (Phi) is 5.25. The summed E-state index contributed by atoms with van der Waals surface area (Å²) in [7, 11) is 1.77. The van der Waals surface area contributed by atoms with E-state index in [1.807, 2.05) is 31.2 Å². The lowest BCUT2D eigenvalue weighted by Crippen LogP contribution is -2.39. The van der Waals surface area contributed by atoms with Crippen LogP contribution >= 0.6 is 22.9 Å². The van der Waals surface area contributed by atoms with Gasteiger partial charge in [0.1, 0.15) is 10.8 Å². The van der Waals surface area contributed by atoms with Crippen LogP contribution in [0.5, 0.6) is 5.75 Å². The van der Waals surface area contributed by atoms with Crippen LogP contribution in [-0.2, 0) is 4.79 Å². The number of para-hydroxylation sites is 1. The number of hydrogen-bond acceptors (Lipinski definition) is 4. The highest BCUT2D eigenvalue weighted by molar-refractivity contribution is 7.18. The number of carbonyl (C=O) groups is 1. The van der Waals surface area contributed by atoms with E-state index < -0.39 is 6.10 Å². The predicted octanol–water partition coefficient (Wildman–Crippen LogP) is 4.94. The number of amides is 1. The summed E-state index contributed by atoms with van der Waals surface area (Å²) in [5, 5.41) is 1.49. The van der Waals surface area contributed by atoms with Gasteiger partial charge < -0.3 is 9.64 Å². The normalized spacial score (nSPS) is 13.4. The van der Waals surface area contributed by atoms with Crippen molar-refractivity contribution in [2.75, 3.05) is 7.05 Å². The van der Waals surface area contributed by atoms with E-state index in [0.29, 0.717) is 10.8 Å². The molecule has 1 aromatic heterocycles. The van der Waals surface area contributed by atoms with Crippen molar-refractivity contribution >= 4 is 39.1 Å². The zero-order valence-corrected chi connectivity index (χ0v) is 15.8. The minimum Gasteiger partial charge on any atom is -0.481 e. The van der Waals surface area contributed by atoms with Crippen molar-refractivity contribution in [2.24, 2.45) is 0 Å². The standard InChI is InChI=1S/C19H19ClN2O2S/c1-12(18-21-16-9-4-5-10-17(16)25-18)22(3)19(23)13(2)24-15-8-6-7-14(20)11-15/h4-13H,1-3H3. The first-order chi connectivity index (χ1) is 12.0. The third-order valence-corrected chi connectivity index (χ3v) is 5.49. The molecular weight excluding hydrogens is 356 g/mol. The second kappa shape index (κ2) is 7.42. The first-order valence-corrected chi connectivity index (χ1v) is 9.19. The monoisotopic (exact) mass is 374 g/mol. The molecule has 0 aliphatic heterocycles. The summed E-state index contributed by atoms with van der Waals surface area (Å²) < 4.78 is 6.85. The van der Waals surface area contributed by atoms with Crippen LogP contribution in [0, 0.1) is 0 Å². The van der Waals surface area contributed by atoms with Crippen LogP contribution in [0.3, 0.4) is 0 Å². The molecule has 1 amide bonds. The van der Waals surface area contributed by atoms with E-state index in [2.05, 4.69) is 4.98 Å². The lowest BCUT2D eigenvalue weighted by molar-refractivity contribution is -0.138. The van der Waals surface area contributed by atoms with Gasteiger partial charge in [-0.2, -0.15) is 0 Å². The van der Waals surface area contributed by atoms with Crippen molar-refractivity contribution in [1.82, 2.24) is 9.88 Å². The van der Waals surface area contributed by atoms with Crippen LogP contribution in [0.15, 0.2) is 48.5 Å². The average Bonchev–Trinajstić information content (AvgIpc) is 3.04. The van der Waals surface area contributed by atoms with E-state index in [0.717, 1.165) is 15.2 Å². The molecule has 1 heterocycles. The Morgan fingerprint density at radius 1 is 1.20 bits per heavy atom. The first-order valence-electron chi connectivity index (χ1n) is 8.00. The number of carbonyl (C=O) groups excluding carboxylic acids is 1. The number of ether oxygens (including phenoxy) is 1. The molecule has 0 spiro atoms. The van der Waals surface area contributed by atoms with Gasteiger partial charge in [-0.3, -0.25) is 4.79 Å². The van der Waals surface area contributed by atoms with Crippen molar-refractivity contribution < 1.29 is 9.53 Å². The maximum Gasteiger partial charge on any atom is 0.263 e. The summed E-state index contributed by atoms with van der Waals surface area (Å²) in [5.41, 5.74) is 0.957. The van der Waals surface area contributed by atoms with Gasteiger partial charge in [-0.25, -0.2) is 4.98 Å². The molecular formula is C19H19ClN2O2S. The van der Waals surface area contributed by atoms with Gasteiger partial charge >= 0.3 is 0 Å². The van der Waals surface area contributed by atoms with Gasteiger partial charge in [0, 0.05) is 12.1 Å². The first kappa shape index (κ1) is 17.7. The maximum absolute atomic E-state index is 12.7. The van der Waals surface area contributed by atoms with E-state index in [1.165, 1.54) is 0 Å². The van der Waals surface area contributed by atoms with Crippen molar-refractivity contribution in [1.29, 1.82) is 0 Å². The fraction of sp³-hybridized carbons (Fsp3) is 0.263. The number of halogens is 1. The van der Waals surface area contributed by atoms with Gasteiger partial charge in [-0.15, -0.1) is 11.3 Å². The number of thiazole rings is 1. The van der Waals surface area contributed by atoms with Crippen LogP contribution in [0.2, 0.25) is 5.02 Å². The quantitative estimate of drug-likeness (QED) is 0.635. The van der Waals surface area contributed by atoms with Gasteiger partial charge in [0.05, 0.1) is 16.3 Å². The van der Waals surface area contributed by atoms with Crippen molar-refractivity contribution in [3.63, 3.8) is 0 Å². The number of nitrogens with zero attached hydrogens (tertiary/aromatic N) is 2. The molecule has 2 aromatic carbocycles. The molecule has 0 radical (unpaired) electrons. The Bertz CT molecular complexity index is 863. The van der Waals surface area contributed by atoms with Crippen LogP contribution in [0.25, 0.3) is 10.2 Å². The van der Waals surface area contributed by atoms with Crippen LogP contribution in [-0.4, -0.2) is 28.9 Å². The molecule has 0 saturated heterocycles. The zero-order chi connectivity index (χ0) is 18.0. The van der Waals surface area contributed by atoms with E-state index in [-0.39, 0.29) is 11.9 Å². The molecule has 0 fully saturated rings. The lowest BCUT2D eigenvalue weighted by atomic mass is 10.2. The minimum atomic E-state index is -0.611. The van der Waals surface area contributed by atoms with Gasteiger partial charge in [0.2, 0.25) is 0 Å². The predicted molar refractivity (Wildman–Crippen MR) is 102 cm³/mol. The molecule has 6 heteroatoms. The van der Waals surface area contributed by atoms with Crippen LogP contribution < -0.4 is 4.74 Å². The third kappa shape index (κ3) is 3.94. The number of fused-ring (bicyclic) bond motifs is 1. The fourth-order valence-electron chi connectivity index (χ4n) is 2.51. The Balaban J connectivity index is 1.72. The molecule has 2 atom stereocenters. The highest BCUT2D eigenvalue weighted by atomic mass is 35.5. The number of likely N-dealkylation sites (N-methyl/N-ethyl adjacent to an activating group) is 1. The molecule has 25 heavy (non-hydrogen) atoms. The number of rotatable bonds is 5. The van der Waals surface area contributed by atoms with Crippen LogP contribution in [0.4, 0.5) is 0 Å². The van der Waals surface area contributed by atoms with Crippen LogP contribution in [0.1, 0.15) is 24.9 Å². The molecule has 0 bridgehead atoms. The molecule has 0 N–H and O–H groups in total. The average molecular weight is 375 g/mol. The summed E-state index contributed by atoms with van der Waals surface area (Å²) >= 11 is 7.56. The number of aromatic nitrogens is 1. The Morgan fingerprint density at radius 3 is 2.68 bits per heavy atom. The molecule has 0 saturated carbocycles. The van der Waals surface area contributed by atoms with Crippen molar-refractivity contribution in [3.05, 3.63) is 58.6 Å². The molecule has 0 aliphatic carbocycles. The molecule has 4 nitrogen and oxygen atoms in total. The second-order valence-corrected chi connectivity index (χ2v) is 7.36. The summed E-state index contributed by atoms with van der Waals surface area (Å²) in [6, 6.07) is 14.9. The Hall–Kier alpha value is -2.11. The molecule has 130 valence electrons.